The molecule has 9 nitrogen and oxygen atoms in total. The number of nitrogens with one attached hydrogen (secondary N) is 1. The fourth-order valence-corrected chi connectivity index (χ4v) is 3.55. The highest BCUT2D eigenvalue weighted by Crippen LogP contribution is 2.35. The standard InChI is InChI=1S/C21H19F3N6O3/c22-21(23,24)33-17-8-6-15(7-9-17)27-19-18(30(31)32)20(26-14-25-19)29-12-10-28(11-13-29)16-4-2-1-3-5-16/h1-9,14H,10-13H2,(H,25,26,27). The first-order chi connectivity index (χ1) is 15.8. The van der Waals surface area contributed by atoms with Crippen molar-refractivity contribution < 1.29 is 22.8 Å². The number of alkyl halides is 3. The normalized spacial score (nSPS) is 14.2. The Balaban J connectivity index is 1.51. The zero-order chi connectivity index (χ0) is 23.4. The van der Waals surface area contributed by atoms with E-state index in [9.17, 15) is 23.3 Å². The molecule has 1 fully saturated rings. The SMILES string of the molecule is O=[N+]([O-])c1c(Nc2ccc(OC(F)(F)F)cc2)ncnc1N1CCN(c2ccccc2)CC1. The third-order valence-electron chi connectivity index (χ3n) is 5.04. The molecule has 33 heavy (non-hydrogen) atoms. The van der Waals surface area contributed by atoms with Crippen LogP contribution in [-0.4, -0.2) is 47.4 Å². The summed E-state index contributed by atoms with van der Waals surface area (Å²) < 4.78 is 40.8. The molecule has 12 heteroatoms. The van der Waals surface area contributed by atoms with Crippen LogP contribution in [0.25, 0.3) is 0 Å². The number of ether oxygens (including phenoxy) is 1. The van der Waals surface area contributed by atoms with Crippen LogP contribution in [-0.2, 0) is 0 Å². The number of hydrogen-bond donors (Lipinski definition) is 1. The van der Waals surface area contributed by atoms with Crippen molar-refractivity contribution in [1.29, 1.82) is 0 Å². The first-order valence-corrected chi connectivity index (χ1v) is 9.97. The number of aromatic nitrogens is 2. The van der Waals surface area contributed by atoms with Gasteiger partial charge < -0.3 is 19.9 Å². The van der Waals surface area contributed by atoms with Crippen LogP contribution in [0.15, 0.2) is 60.9 Å². The van der Waals surface area contributed by atoms with E-state index < -0.39 is 17.0 Å². The Bertz CT molecular complexity index is 1100. The van der Waals surface area contributed by atoms with E-state index in [4.69, 9.17) is 0 Å². The third-order valence-corrected chi connectivity index (χ3v) is 5.04. The quantitative estimate of drug-likeness (QED) is 0.428. The summed E-state index contributed by atoms with van der Waals surface area (Å²) >= 11 is 0. The molecule has 1 aliphatic rings. The molecule has 2 aromatic carbocycles. The van der Waals surface area contributed by atoms with Gasteiger partial charge in [-0.1, -0.05) is 18.2 Å². The van der Waals surface area contributed by atoms with E-state index in [0.717, 1.165) is 17.8 Å². The maximum absolute atomic E-state index is 12.3. The zero-order valence-corrected chi connectivity index (χ0v) is 17.2. The summed E-state index contributed by atoms with van der Waals surface area (Å²) in [6.07, 6.45) is -3.59. The predicted octanol–water partition coefficient (Wildman–Crippen LogP) is 4.35. The number of anilines is 4. The highest BCUT2D eigenvalue weighted by atomic mass is 19.4. The first-order valence-electron chi connectivity index (χ1n) is 9.97. The minimum absolute atomic E-state index is 0.0556. The number of nitrogens with zero attached hydrogens (tertiary/aromatic N) is 5. The van der Waals surface area contributed by atoms with Gasteiger partial charge in [0, 0.05) is 37.6 Å². The molecule has 0 amide bonds. The Morgan fingerprint density at radius 1 is 0.939 bits per heavy atom. The summed E-state index contributed by atoms with van der Waals surface area (Å²) in [5, 5.41) is 14.7. The number of para-hydroxylation sites is 1. The van der Waals surface area contributed by atoms with Crippen molar-refractivity contribution in [3.8, 4) is 5.75 Å². The van der Waals surface area contributed by atoms with Gasteiger partial charge in [-0.3, -0.25) is 10.1 Å². The average molecular weight is 460 g/mol. The molecule has 0 atom stereocenters. The number of benzene rings is 2. The molecule has 0 radical (unpaired) electrons. The van der Waals surface area contributed by atoms with Crippen LogP contribution in [0.1, 0.15) is 0 Å². The number of piperazine rings is 1. The first kappa shape index (κ1) is 22.1. The van der Waals surface area contributed by atoms with Gasteiger partial charge in [-0.2, -0.15) is 0 Å². The van der Waals surface area contributed by atoms with Gasteiger partial charge in [0.1, 0.15) is 12.1 Å². The summed E-state index contributed by atoms with van der Waals surface area (Å²) in [7, 11) is 0. The molecule has 0 unspecified atom stereocenters. The van der Waals surface area contributed by atoms with Gasteiger partial charge in [-0.05, 0) is 36.4 Å². The molecule has 1 N–H and O–H groups in total. The molecule has 3 aromatic rings. The van der Waals surface area contributed by atoms with Crippen molar-refractivity contribution in [2.75, 3.05) is 41.3 Å². The molecule has 4 rings (SSSR count). The Labute approximate surface area is 186 Å². The highest BCUT2D eigenvalue weighted by molar-refractivity contribution is 5.74. The second kappa shape index (κ2) is 9.18. The third kappa shape index (κ3) is 5.40. The van der Waals surface area contributed by atoms with Crippen molar-refractivity contribution in [2.45, 2.75) is 6.36 Å². The van der Waals surface area contributed by atoms with Gasteiger partial charge in [0.25, 0.3) is 0 Å². The van der Waals surface area contributed by atoms with Crippen LogP contribution >= 0.6 is 0 Å². The second-order valence-electron chi connectivity index (χ2n) is 7.16. The molecule has 0 aliphatic carbocycles. The van der Waals surface area contributed by atoms with Crippen molar-refractivity contribution in [3.63, 3.8) is 0 Å². The number of nitro groups is 1. The van der Waals surface area contributed by atoms with E-state index in [1.54, 1.807) is 0 Å². The Kier molecular flexibility index (Phi) is 6.16. The molecule has 0 bridgehead atoms. The topological polar surface area (TPSA) is 96.7 Å². The van der Waals surface area contributed by atoms with Crippen LogP contribution in [0.2, 0.25) is 0 Å². The van der Waals surface area contributed by atoms with Gasteiger partial charge in [0.2, 0.25) is 11.6 Å². The lowest BCUT2D eigenvalue weighted by Gasteiger charge is -2.36. The van der Waals surface area contributed by atoms with Gasteiger partial charge in [0.05, 0.1) is 4.92 Å². The molecule has 2 heterocycles. The van der Waals surface area contributed by atoms with E-state index in [0.29, 0.717) is 31.9 Å². The lowest BCUT2D eigenvalue weighted by atomic mass is 10.2. The van der Waals surface area contributed by atoms with Gasteiger partial charge >= 0.3 is 12.0 Å². The largest absolute Gasteiger partial charge is 0.573 e. The Morgan fingerprint density at radius 2 is 1.58 bits per heavy atom. The van der Waals surface area contributed by atoms with Gasteiger partial charge in [-0.25, -0.2) is 9.97 Å². The maximum Gasteiger partial charge on any atom is 0.573 e. The Morgan fingerprint density at radius 3 is 2.18 bits per heavy atom. The van der Waals surface area contributed by atoms with Crippen LogP contribution in [0.3, 0.4) is 0 Å². The van der Waals surface area contributed by atoms with Gasteiger partial charge in [-0.15, -0.1) is 13.2 Å². The van der Waals surface area contributed by atoms with E-state index in [-0.39, 0.29) is 17.3 Å². The lowest BCUT2D eigenvalue weighted by molar-refractivity contribution is -0.383. The van der Waals surface area contributed by atoms with E-state index in [1.807, 2.05) is 35.2 Å². The second-order valence-corrected chi connectivity index (χ2v) is 7.16. The smallest absolute Gasteiger partial charge is 0.406 e. The van der Waals surface area contributed by atoms with E-state index in [1.165, 1.54) is 18.5 Å². The molecule has 172 valence electrons. The molecular weight excluding hydrogens is 441 g/mol. The van der Waals surface area contributed by atoms with Crippen LogP contribution in [0.4, 0.5) is 41.9 Å². The average Bonchev–Trinajstić information content (AvgIpc) is 2.80. The molecule has 0 saturated carbocycles. The minimum Gasteiger partial charge on any atom is -0.406 e. The predicted molar refractivity (Wildman–Crippen MR) is 116 cm³/mol. The fraction of sp³-hybridized carbons (Fsp3) is 0.238. The maximum atomic E-state index is 12.3. The Hall–Kier alpha value is -4.09. The highest BCUT2D eigenvalue weighted by Gasteiger charge is 2.31. The van der Waals surface area contributed by atoms with E-state index >= 15 is 0 Å². The number of hydrogen-bond acceptors (Lipinski definition) is 8. The summed E-state index contributed by atoms with van der Waals surface area (Å²) in [4.78, 5) is 23.5. The van der Waals surface area contributed by atoms with Crippen molar-refractivity contribution in [2.24, 2.45) is 0 Å². The minimum atomic E-state index is -4.81. The van der Waals surface area contributed by atoms with Crippen molar-refractivity contribution in [3.05, 3.63) is 71.0 Å². The molecule has 0 spiro atoms. The summed E-state index contributed by atoms with van der Waals surface area (Å²) in [5.41, 5.74) is 1.09. The molecular formula is C21H19F3N6O3. The summed E-state index contributed by atoms with van der Waals surface area (Å²) in [6.45, 7) is 2.37. The molecule has 1 aliphatic heterocycles. The van der Waals surface area contributed by atoms with Crippen molar-refractivity contribution in [1.82, 2.24) is 9.97 Å². The monoisotopic (exact) mass is 460 g/mol. The van der Waals surface area contributed by atoms with Crippen LogP contribution in [0.5, 0.6) is 5.75 Å². The number of halogens is 3. The van der Waals surface area contributed by atoms with Crippen molar-refractivity contribution >= 4 is 28.7 Å². The summed E-state index contributed by atoms with van der Waals surface area (Å²) in [6, 6.07) is 14.7. The fourth-order valence-electron chi connectivity index (χ4n) is 3.55. The molecule has 1 saturated heterocycles. The summed E-state index contributed by atoms with van der Waals surface area (Å²) in [5.74, 6) is -0.274. The van der Waals surface area contributed by atoms with E-state index in [2.05, 4.69) is 24.9 Å². The molecule has 1 aromatic heterocycles. The van der Waals surface area contributed by atoms with Gasteiger partial charge in [0.15, 0.2) is 0 Å². The van der Waals surface area contributed by atoms with Crippen LogP contribution < -0.4 is 19.9 Å². The zero-order valence-electron chi connectivity index (χ0n) is 17.2. The lowest BCUT2D eigenvalue weighted by Crippen LogP contribution is -2.47. The number of rotatable bonds is 6. The van der Waals surface area contributed by atoms with Crippen LogP contribution in [0, 0.1) is 10.1 Å².